The second-order valence-electron chi connectivity index (χ2n) is 6.87. The van der Waals surface area contributed by atoms with Crippen LogP contribution in [0.4, 0.5) is 0 Å². The molecule has 2 aromatic carbocycles. The number of hydrogen-bond donors (Lipinski definition) is 4. The van der Waals surface area contributed by atoms with E-state index < -0.39 is 23.4 Å². The maximum Gasteiger partial charge on any atom is 0.267 e. The molecule has 2 aromatic rings. The number of carbonyl (C=O) groups excluding carboxylic acids is 2. The second-order valence-corrected chi connectivity index (χ2v) is 6.87. The van der Waals surface area contributed by atoms with Crippen molar-refractivity contribution < 1.29 is 24.3 Å². The summed E-state index contributed by atoms with van der Waals surface area (Å²) in [6.45, 7) is 3.52. The van der Waals surface area contributed by atoms with E-state index in [0.29, 0.717) is 17.9 Å². The summed E-state index contributed by atoms with van der Waals surface area (Å²) in [5, 5.41) is 11.4. The second kappa shape index (κ2) is 9.20. The van der Waals surface area contributed by atoms with Gasteiger partial charge in [0.15, 0.2) is 0 Å². The Kier molecular flexibility index (Phi) is 6.97. The first kappa shape index (κ1) is 21.2. The SMILES string of the molecule is COc1ccc(COc2ccc(C(=O)N[C@H](C(=O)NO)C(C)(C)N)cc2)cc1. The lowest BCUT2D eigenvalue weighted by atomic mass is 9.95. The fourth-order valence-corrected chi connectivity index (χ4v) is 2.46. The van der Waals surface area contributed by atoms with Gasteiger partial charge < -0.3 is 20.5 Å². The molecule has 1 atom stereocenters. The van der Waals surface area contributed by atoms with Gasteiger partial charge in [-0.05, 0) is 55.8 Å². The normalized spacial score (nSPS) is 12.0. The number of amides is 2. The maximum atomic E-state index is 12.4. The highest BCUT2D eigenvalue weighted by molar-refractivity contribution is 5.97. The van der Waals surface area contributed by atoms with Crippen molar-refractivity contribution in [2.24, 2.45) is 5.73 Å². The van der Waals surface area contributed by atoms with Gasteiger partial charge in [0, 0.05) is 11.1 Å². The minimum absolute atomic E-state index is 0.330. The first-order valence-electron chi connectivity index (χ1n) is 8.64. The van der Waals surface area contributed by atoms with Crippen LogP contribution in [-0.4, -0.2) is 35.7 Å². The highest BCUT2D eigenvalue weighted by Crippen LogP contribution is 2.17. The number of ether oxygens (including phenoxy) is 2. The standard InChI is InChI=1S/C20H25N3O5/c1-20(2,21)17(19(25)23-26)22-18(24)14-6-10-16(11-7-14)28-12-13-4-8-15(27-3)9-5-13/h4-11,17,26H,12,21H2,1-3H3,(H,22,24)(H,23,25)/t17-/m1/s1. The summed E-state index contributed by atoms with van der Waals surface area (Å²) in [5.41, 5.74) is 7.66. The van der Waals surface area contributed by atoms with Crippen LogP contribution in [0.5, 0.6) is 11.5 Å². The first-order valence-corrected chi connectivity index (χ1v) is 8.64. The Bertz CT molecular complexity index is 798. The zero-order valence-electron chi connectivity index (χ0n) is 16.1. The summed E-state index contributed by atoms with van der Waals surface area (Å²) in [6.07, 6.45) is 0. The Balaban J connectivity index is 1.98. The molecular weight excluding hydrogens is 362 g/mol. The monoisotopic (exact) mass is 387 g/mol. The molecule has 0 radical (unpaired) electrons. The molecule has 0 aliphatic carbocycles. The molecule has 2 rings (SSSR count). The van der Waals surface area contributed by atoms with Gasteiger partial charge in [0.25, 0.3) is 11.8 Å². The van der Waals surface area contributed by atoms with Gasteiger partial charge in [0.05, 0.1) is 7.11 Å². The quantitative estimate of drug-likeness (QED) is 0.403. The van der Waals surface area contributed by atoms with E-state index in [1.165, 1.54) is 5.48 Å². The molecular formula is C20H25N3O5. The summed E-state index contributed by atoms with van der Waals surface area (Å²) in [5.74, 6) is 0.0817. The van der Waals surface area contributed by atoms with E-state index in [9.17, 15) is 9.59 Å². The smallest absolute Gasteiger partial charge is 0.267 e. The molecule has 8 heteroatoms. The van der Waals surface area contributed by atoms with Crippen LogP contribution >= 0.6 is 0 Å². The Morgan fingerprint density at radius 1 is 1.07 bits per heavy atom. The van der Waals surface area contributed by atoms with Crippen molar-refractivity contribution in [3.05, 3.63) is 59.7 Å². The van der Waals surface area contributed by atoms with Crippen LogP contribution in [-0.2, 0) is 11.4 Å². The highest BCUT2D eigenvalue weighted by Gasteiger charge is 2.33. The van der Waals surface area contributed by atoms with Gasteiger partial charge in [0.2, 0.25) is 0 Å². The predicted molar refractivity (Wildman–Crippen MR) is 103 cm³/mol. The lowest BCUT2D eigenvalue weighted by molar-refractivity contribution is -0.132. The molecule has 0 aromatic heterocycles. The molecule has 0 bridgehead atoms. The Labute approximate surface area is 163 Å². The summed E-state index contributed by atoms with van der Waals surface area (Å²) in [4.78, 5) is 24.1. The lowest BCUT2D eigenvalue weighted by Gasteiger charge is -2.29. The largest absolute Gasteiger partial charge is 0.497 e. The molecule has 28 heavy (non-hydrogen) atoms. The molecule has 0 fully saturated rings. The third-order valence-electron chi connectivity index (χ3n) is 4.07. The zero-order valence-corrected chi connectivity index (χ0v) is 16.1. The molecule has 0 aliphatic heterocycles. The van der Waals surface area contributed by atoms with E-state index in [1.54, 1.807) is 45.2 Å². The van der Waals surface area contributed by atoms with Gasteiger partial charge in [-0.3, -0.25) is 14.8 Å². The van der Waals surface area contributed by atoms with E-state index >= 15 is 0 Å². The van der Waals surface area contributed by atoms with Crippen LogP contribution in [0.2, 0.25) is 0 Å². The number of benzene rings is 2. The van der Waals surface area contributed by atoms with Crippen molar-refractivity contribution in [3.8, 4) is 11.5 Å². The van der Waals surface area contributed by atoms with E-state index in [4.69, 9.17) is 20.4 Å². The van der Waals surface area contributed by atoms with Crippen LogP contribution in [0.1, 0.15) is 29.8 Å². The van der Waals surface area contributed by atoms with Crippen LogP contribution < -0.4 is 26.0 Å². The molecule has 0 heterocycles. The fraction of sp³-hybridized carbons (Fsp3) is 0.300. The number of hydrogen-bond acceptors (Lipinski definition) is 6. The summed E-state index contributed by atoms with van der Waals surface area (Å²) in [6, 6.07) is 12.9. The lowest BCUT2D eigenvalue weighted by Crippen LogP contribution is -2.61. The predicted octanol–water partition coefficient (Wildman–Crippen LogP) is 1.62. The number of nitrogens with two attached hydrogens (primary N) is 1. The van der Waals surface area contributed by atoms with Gasteiger partial charge in [-0.25, -0.2) is 5.48 Å². The molecule has 0 saturated carbocycles. The minimum atomic E-state index is -1.10. The maximum absolute atomic E-state index is 12.4. The molecule has 8 nitrogen and oxygen atoms in total. The zero-order chi connectivity index (χ0) is 20.7. The van der Waals surface area contributed by atoms with Crippen molar-refractivity contribution in [3.63, 3.8) is 0 Å². The van der Waals surface area contributed by atoms with Gasteiger partial charge >= 0.3 is 0 Å². The van der Waals surface area contributed by atoms with Gasteiger partial charge in [-0.15, -0.1) is 0 Å². The molecule has 5 N–H and O–H groups in total. The van der Waals surface area contributed by atoms with Gasteiger partial charge in [-0.1, -0.05) is 12.1 Å². The fourth-order valence-electron chi connectivity index (χ4n) is 2.46. The van der Waals surface area contributed by atoms with Crippen molar-refractivity contribution >= 4 is 11.8 Å². The minimum Gasteiger partial charge on any atom is -0.497 e. The Hall–Kier alpha value is -3.10. The summed E-state index contributed by atoms with van der Waals surface area (Å²) in [7, 11) is 1.61. The third-order valence-corrected chi connectivity index (χ3v) is 4.07. The molecule has 0 aliphatic rings. The van der Waals surface area contributed by atoms with Crippen LogP contribution in [0, 0.1) is 0 Å². The third kappa shape index (κ3) is 5.70. The molecule has 0 spiro atoms. The summed E-state index contributed by atoms with van der Waals surface area (Å²) >= 11 is 0. The van der Waals surface area contributed by atoms with Crippen LogP contribution in [0.25, 0.3) is 0 Å². The Morgan fingerprint density at radius 2 is 1.64 bits per heavy atom. The van der Waals surface area contributed by atoms with E-state index in [-0.39, 0.29) is 0 Å². The van der Waals surface area contributed by atoms with Crippen molar-refractivity contribution in [2.45, 2.75) is 32.0 Å². The molecule has 0 unspecified atom stereocenters. The average Bonchev–Trinajstić information content (AvgIpc) is 2.69. The number of rotatable bonds is 8. The molecule has 150 valence electrons. The highest BCUT2D eigenvalue weighted by atomic mass is 16.5. The van der Waals surface area contributed by atoms with Crippen molar-refractivity contribution in [1.82, 2.24) is 10.8 Å². The van der Waals surface area contributed by atoms with E-state index in [2.05, 4.69) is 5.32 Å². The van der Waals surface area contributed by atoms with E-state index in [0.717, 1.165) is 11.3 Å². The van der Waals surface area contributed by atoms with Crippen molar-refractivity contribution in [1.29, 1.82) is 0 Å². The number of nitrogens with one attached hydrogen (secondary N) is 2. The summed E-state index contributed by atoms with van der Waals surface area (Å²) < 4.78 is 10.8. The van der Waals surface area contributed by atoms with Gasteiger partial charge in [-0.2, -0.15) is 0 Å². The molecule has 2 amide bonds. The average molecular weight is 387 g/mol. The number of carbonyl (C=O) groups is 2. The molecule has 0 saturated heterocycles. The van der Waals surface area contributed by atoms with Crippen LogP contribution in [0.3, 0.4) is 0 Å². The van der Waals surface area contributed by atoms with Crippen molar-refractivity contribution in [2.75, 3.05) is 7.11 Å². The number of methoxy groups -OCH3 is 1. The van der Waals surface area contributed by atoms with E-state index in [1.807, 2.05) is 24.3 Å². The Morgan fingerprint density at radius 3 is 2.14 bits per heavy atom. The number of hydroxylamine groups is 1. The van der Waals surface area contributed by atoms with Gasteiger partial charge in [0.1, 0.15) is 24.1 Å². The van der Waals surface area contributed by atoms with Crippen LogP contribution in [0.15, 0.2) is 48.5 Å². The topological polar surface area (TPSA) is 123 Å². The first-order chi connectivity index (χ1) is 13.2.